The maximum Gasteiger partial charge on any atom is 0.253 e. The minimum absolute atomic E-state index is 0.0131. The Morgan fingerprint density at radius 3 is 2.14 bits per heavy atom. The van der Waals surface area contributed by atoms with Crippen molar-refractivity contribution in [2.24, 2.45) is 0 Å². The summed E-state index contributed by atoms with van der Waals surface area (Å²) in [6.07, 6.45) is 2.61. The van der Waals surface area contributed by atoms with E-state index in [9.17, 15) is 9.59 Å². The summed E-state index contributed by atoms with van der Waals surface area (Å²) in [6, 6.07) is 0. The first kappa shape index (κ1) is 10.9. The van der Waals surface area contributed by atoms with Crippen molar-refractivity contribution in [1.29, 1.82) is 0 Å². The van der Waals surface area contributed by atoms with Gasteiger partial charge in [0.2, 0.25) is 0 Å². The van der Waals surface area contributed by atoms with Gasteiger partial charge in [-0.2, -0.15) is 0 Å². The summed E-state index contributed by atoms with van der Waals surface area (Å²) >= 11 is 0. The molecule has 0 aromatic carbocycles. The number of hydrogen-bond donors (Lipinski definition) is 1. The SMILES string of the molecule is CC(C)(C)NCCN1C(=O)C=CC1=O. The van der Waals surface area contributed by atoms with Gasteiger partial charge >= 0.3 is 0 Å². The van der Waals surface area contributed by atoms with E-state index in [1.807, 2.05) is 20.8 Å². The highest BCUT2D eigenvalue weighted by Crippen LogP contribution is 2.03. The van der Waals surface area contributed by atoms with E-state index >= 15 is 0 Å². The van der Waals surface area contributed by atoms with Crippen LogP contribution in [0.15, 0.2) is 12.2 Å². The molecule has 0 radical (unpaired) electrons. The Morgan fingerprint density at radius 1 is 1.21 bits per heavy atom. The molecule has 78 valence electrons. The lowest BCUT2D eigenvalue weighted by molar-refractivity contribution is -0.136. The minimum Gasteiger partial charge on any atom is -0.310 e. The van der Waals surface area contributed by atoms with Crippen LogP contribution in [-0.2, 0) is 9.59 Å². The Hall–Kier alpha value is -1.16. The lowest BCUT2D eigenvalue weighted by Crippen LogP contribution is -2.43. The van der Waals surface area contributed by atoms with Gasteiger partial charge in [-0.25, -0.2) is 0 Å². The van der Waals surface area contributed by atoms with Crippen LogP contribution in [0.25, 0.3) is 0 Å². The van der Waals surface area contributed by atoms with Crippen molar-refractivity contribution in [3.8, 4) is 0 Å². The van der Waals surface area contributed by atoms with E-state index < -0.39 is 0 Å². The number of hydrogen-bond acceptors (Lipinski definition) is 3. The van der Waals surface area contributed by atoms with Crippen molar-refractivity contribution < 1.29 is 9.59 Å². The fraction of sp³-hybridized carbons (Fsp3) is 0.600. The molecule has 1 N–H and O–H groups in total. The average Bonchev–Trinajstić information content (AvgIpc) is 2.33. The molecule has 14 heavy (non-hydrogen) atoms. The molecule has 1 rings (SSSR count). The molecule has 0 aromatic rings. The third-order valence-electron chi connectivity index (χ3n) is 1.89. The molecule has 0 atom stereocenters. The second kappa shape index (κ2) is 3.92. The number of amides is 2. The number of nitrogens with zero attached hydrogens (tertiary/aromatic N) is 1. The molecular formula is C10H16N2O2. The minimum atomic E-state index is -0.217. The van der Waals surface area contributed by atoms with E-state index in [1.165, 1.54) is 17.1 Å². The fourth-order valence-corrected chi connectivity index (χ4v) is 1.19. The van der Waals surface area contributed by atoms with Gasteiger partial charge in [-0.1, -0.05) is 0 Å². The fourth-order valence-electron chi connectivity index (χ4n) is 1.19. The zero-order valence-corrected chi connectivity index (χ0v) is 8.83. The van der Waals surface area contributed by atoms with Gasteiger partial charge in [0.1, 0.15) is 0 Å². The topological polar surface area (TPSA) is 49.4 Å². The molecule has 2 amide bonds. The van der Waals surface area contributed by atoms with Gasteiger partial charge < -0.3 is 5.32 Å². The molecule has 0 bridgehead atoms. The van der Waals surface area contributed by atoms with Crippen LogP contribution < -0.4 is 5.32 Å². The quantitative estimate of drug-likeness (QED) is 0.660. The van der Waals surface area contributed by atoms with Gasteiger partial charge in [0.25, 0.3) is 11.8 Å². The summed E-state index contributed by atoms with van der Waals surface area (Å²) in [5, 5.41) is 3.22. The Balaban J connectivity index is 2.33. The standard InChI is InChI=1S/C10H16N2O2/c1-10(2,3)11-6-7-12-8(13)4-5-9(12)14/h4-5,11H,6-7H2,1-3H3. The third-order valence-corrected chi connectivity index (χ3v) is 1.89. The Labute approximate surface area is 84.0 Å². The van der Waals surface area contributed by atoms with Gasteiger partial charge in [-0.15, -0.1) is 0 Å². The molecule has 1 aliphatic rings. The Bertz CT molecular complexity index is 258. The molecule has 0 aliphatic carbocycles. The number of rotatable bonds is 3. The van der Waals surface area contributed by atoms with Crippen LogP contribution in [0, 0.1) is 0 Å². The second-order valence-electron chi connectivity index (χ2n) is 4.34. The number of imide groups is 1. The normalized spacial score (nSPS) is 16.9. The lowest BCUT2D eigenvalue weighted by Gasteiger charge is -2.22. The Kier molecular flexibility index (Phi) is 3.06. The maximum atomic E-state index is 11.1. The maximum absolute atomic E-state index is 11.1. The number of carbonyl (C=O) groups is 2. The second-order valence-corrected chi connectivity index (χ2v) is 4.34. The van der Waals surface area contributed by atoms with E-state index in [-0.39, 0.29) is 17.4 Å². The van der Waals surface area contributed by atoms with Gasteiger partial charge in [-0.05, 0) is 20.8 Å². The molecule has 4 nitrogen and oxygen atoms in total. The van der Waals surface area contributed by atoms with Crippen LogP contribution in [0.4, 0.5) is 0 Å². The van der Waals surface area contributed by atoms with E-state index in [0.717, 1.165) is 0 Å². The highest BCUT2D eigenvalue weighted by atomic mass is 16.2. The van der Waals surface area contributed by atoms with Gasteiger partial charge in [0.05, 0.1) is 0 Å². The summed E-state index contributed by atoms with van der Waals surface area (Å²) in [5.74, 6) is -0.434. The van der Waals surface area contributed by atoms with E-state index in [2.05, 4.69) is 5.32 Å². The average molecular weight is 196 g/mol. The molecule has 1 heterocycles. The largest absolute Gasteiger partial charge is 0.310 e. The zero-order valence-electron chi connectivity index (χ0n) is 8.83. The van der Waals surface area contributed by atoms with Crippen LogP contribution in [0.2, 0.25) is 0 Å². The predicted octanol–water partition coefficient (Wildman–Crippen LogP) is 0.299. The highest BCUT2D eigenvalue weighted by Gasteiger charge is 2.22. The van der Waals surface area contributed by atoms with Crippen molar-refractivity contribution in [1.82, 2.24) is 10.2 Å². The monoisotopic (exact) mass is 196 g/mol. The van der Waals surface area contributed by atoms with Crippen LogP contribution in [0.5, 0.6) is 0 Å². The molecule has 0 fully saturated rings. The van der Waals surface area contributed by atoms with Gasteiger partial charge in [0, 0.05) is 30.8 Å². The smallest absolute Gasteiger partial charge is 0.253 e. The molecule has 1 aliphatic heterocycles. The lowest BCUT2D eigenvalue weighted by atomic mass is 10.1. The van der Waals surface area contributed by atoms with E-state index in [4.69, 9.17) is 0 Å². The van der Waals surface area contributed by atoms with Gasteiger partial charge in [-0.3, -0.25) is 14.5 Å². The van der Waals surface area contributed by atoms with Crippen molar-refractivity contribution in [2.75, 3.05) is 13.1 Å². The van der Waals surface area contributed by atoms with E-state index in [1.54, 1.807) is 0 Å². The van der Waals surface area contributed by atoms with Crippen LogP contribution in [0.3, 0.4) is 0 Å². The Morgan fingerprint density at radius 2 is 1.71 bits per heavy atom. The molecule has 0 aromatic heterocycles. The summed E-state index contributed by atoms with van der Waals surface area (Å²) in [7, 11) is 0. The summed E-state index contributed by atoms with van der Waals surface area (Å²) < 4.78 is 0. The summed E-state index contributed by atoms with van der Waals surface area (Å²) in [6.45, 7) is 7.18. The van der Waals surface area contributed by atoms with Gasteiger partial charge in [0.15, 0.2) is 0 Å². The third kappa shape index (κ3) is 2.96. The molecule has 4 heteroatoms. The van der Waals surface area contributed by atoms with Crippen LogP contribution in [0.1, 0.15) is 20.8 Å². The molecule has 0 saturated carbocycles. The first-order valence-electron chi connectivity index (χ1n) is 4.69. The molecular weight excluding hydrogens is 180 g/mol. The van der Waals surface area contributed by atoms with Crippen molar-refractivity contribution >= 4 is 11.8 Å². The number of nitrogens with one attached hydrogen (secondary N) is 1. The van der Waals surface area contributed by atoms with Crippen LogP contribution >= 0.6 is 0 Å². The van der Waals surface area contributed by atoms with Crippen LogP contribution in [-0.4, -0.2) is 35.3 Å². The number of carbonyl (C=O) groups excluding carboxylic acids is 2. The van der Waals surface area contributed by atoms with Crippen molar-refractivity contribution in [2.45, 2.75) is 26.3 Å². The first-order chi connectivity index (χ1) is 6.40. The zero-order chi connectivity index (χ0) is 10.8. The molecule has 0 unspecified atom stereocenters. The summed E-state index contributed by atoms with van der Waals surface area (Å²) in [4.78, 5) is 23.5. The molecule has 0 saturated heterocycles. The molecule has 0 spiro atoms. The highest BCUT2D eigenvalue weighted by molar-refractivity contribution is 6.12. The van der Waals surface area contributed by atoms with E-state index in [0.29, 0.717) is 13.1 Å². The predicted molar refractivity (Wildman–Crippen MR) is 53.6 cm³/mol. The summed E-state index contributed by atoms with van der Waals surface area (Å²) in [5.41, 5.74) is 0.0131. The van der Waals surface area contributed by atoms with Crippen molar-refractivity contribution in [3.05, 3.63) is 12.2 Å². The van der Waals surface area contributed by atoms with Crippen molar-refractivity contribution in [3.63, 3.8) is 0 Å². The first-order valence-corrected chi connectivity index (χ1v) is 4.69.